The van der Waals surface area contributed by atoms with E-state index in [1.54, 1.807) is 0 Å². The standard InChI is InChI=1S/C40H41N3O4.2C36H39N3O4/c1-3-5-12-25(4-2)24-46-28-21-35(44)37(36(45)22-28)39-41-38(42-40(43-39)47-27-14-7-8-15-27)34-23-33-29-16-9-6-13-26(29)19-20-32(33)30-17-10-11-18-31(30)34;1-3-5-12-23(4-2)22-42-27-20-30(40)33(31(41)21-27)35-37-34(38-36(39-35)43-26-15-8-9-16-26)32-28-17-10-6-13-24(28)19-25-14-7-11-18-29(25)32;1-3-5-12-23(4-2)22-42-26-20-31(40)33(32(41)21-26)35-37-34(38-36(39-35)43-25-14-7-8-15-25)30-19-24-13-6-9-16-27(24)28-17-10-11-18-29(28)30/h6,9-11,13,16-23,25,27,44-45H,3-5,7-8,12,14-15,24H2,1-2H3;6-7,10-11,13-14,17-21,23,26,40-41H,3-5,8-9,12,15-16,22H2,1-2H3;6,9-11,13,16-21,23,25,40-41H,3-5,7-8,12,14-15,22H2,1-2H3. The maximum absolute atomic E-state index is 11.3. The third-order valence-corrected chi connectivity index (χ3v) is 26.5. The summed E-state index contributed by atoms with van der Waals surface area (Å²) < 4.78 is 36.9. The van der Waals surface area contributed by atoms with Crippen molar-refractivity contribution in [1.82, 2.24) is 44.9 Å². The second kappa shape index (κ2) is 42.7. The average molecular weight is 1780 g/mol. The van der Waals surface area contributed by atoms with Gasteiger partial charge < -0.3 is 59.1 Å². The second-order valence-corrected chi connectivity index (χ2v) is 35.8. The molecule has 0 bridgehead atoms. The monoisotopic (exact) mass is 1780 g/mol. The van der Waals surface area contributed by atoms with Crippen LogP contribution in [0.15, 0.2) is 212 Å². The number of rotatable bonds is 33. The number of phenolic OH excluding ortho intramolecular Hbond substituents is 6. The minimum atomic E-state index is -0.167. The zero-order valence-corrected chi connectivity index (χ0v) is 76.9. The van der Waals surface area contributed by atoms with Gasteiger partial charge in [-0.1, -0.05) is 257 Å². The fourth-order valence-electron chi connectivity index (χ4n) is 19.0. The Balaban J connectivity index is 0.000000139. The summed E-state index contributed by atoms with van der Waals surface area (Å²) in [5.74, 6) is 3.16. The predicted molar refractivity (Wildman–Crippen MR) is 530 cm³/mol. The first-order valence-electron chi connectivity index (χ1n) is 48.1. The number of fused-ring (bicyclic) bond motifs is 10. The molecule has 3 aliphatic rings. The molecule has 0 aliphatic heterocycles. The summed E-state index contributed by atoms with van der Waals surface area (Å²) in [6, 6.07) is 69.7. The normalized spacial score (nSPS) is 14.3. The average Bonchev–Trinajstić information content (AvgIpc) is 1.73. The van der Waals surface area contributed by atoms with E-state index < -0.39 is 0 Å². The first kappa shape index (κ1) is 91.2. The minimum absolute atomic E-state index is 0.00702. The van der Waals surface area contributed by atoms with E-state index in [2.05, 4.69) is 166 Å². The topological polar surface area (TPSA) is 293 Å². The van der Waals surface area contributed by atoms with Crippen LogP contribution in [0.4, 0.5) is 0 Å². The van der Waals surface area contributed by atoms with Crippen molar-refractivity contribution in [2.45, 2.75) is 214 Å². The number of aromatic nitrogens is 9. The molecule has 13 aromatic carbocycles. The highest BCUT2D eigenvalue weighted by Gasteiger charge is 2.30. The number of ether oxygens (including phenoxy) is 6. The lowest BCUT2D eigenvalue weighted by atomic mass is 9.93. The molecular weight excluding hydrogens is 1660 g/mol. The summed E-state index contributed by atoms with van der Waals surface area (Å²) >= 11 is 0. The van der Waals surface area contributed by atoms with Crippen molar-refractivity contribution >= 4 is 75.4 Å². The smallest absolute Gasteiger partial charge is 0.320 e. The first-order chi connectivity index (χ1) is 65.1. The number of aromatic hydroxyl groups is 6. The Bertz CT molecular complexity index is 6650. The van der Waals surface area contributed by atoms with Gasteiger partial charge in [0.25, 0.3) is 0 Å². The minimum Gasteiger partial charge on any atom is -0.507 e. The fourth-order valence-corrected chi connectivity index (χ4v) is 19.0. The van der Waals surface area contributed by atoms with Crippen molar-refractivity contribution in [3.05, 3.63) is 212 Å². The van der Waals surface area contributed by atoms with Crippen molar-refractivity contribution in [2.24, 2.45) is 17.8 Å². The van der Waals surface area contributed by atoms with E-state index in [1.807, 2.05) is 66.7 Å². The van der Waals surface area contributed by atoms with E-state index in [4.69, 9.17) is 58.3 Å². The molecule has 0 saturated heterocycles. The Kier molecular flexibility index (Phi) is 29.3. The van der Waals surface area contributed by atoms with Gasteiger partial charge >= 0.3 is 18.0 Å². The molecule has 19 rings (SSSR count). The summed E-state index contributed by atoms with van der Waals surface area (Å²) in [7, 11) is 0. The zero-order chi connectivity index (χ0) is 91.9. The number of unbranched alkanes of at least 4 members (excludes halogenated alkanes) is 3. The van der Waals surface area contributed by atoms with E-state index >= 15 is 0 Å². The number of hydrogen-bond acceptors (Lipinski definition) is 21. The summed E-state index contributed by atoms with van der Waals surface area (Å²) in [6.45, 7) is 14.6. The number of phenols is 6. The third kappa shape index (κ3) is 21.1. The van der Waals surface area contributed by atoms with Gasteiger partial charge in [-0.15, -0.1) is 0 Å². The van der Waals surface area contributed by atoms with E-state index in [1.165, 1.54) is 36.4 Å². The van der Waals surface area contributed by atoms with Gasteiger partial charge in [0.1, 0.15) is 86.7 Å². The van der Waals surface area contributed by atoms with Crippen molar-refractivity contribution < 1.29 is 59.1 Å². The fraction of sp³-hybridized carbons (Fsp3) is 0.348. The lowest BCUT2D eigenvalue weighted by molar-refractivity contribution is 0.192. The molecule has 133 heavy (non-hydrogen) atoms. The van der Waals surface area contributed by atoms with E-state index in [9.17, 15) is 30.6 Å². The molecule has 21 nitrogen and oxygen atoms in total. The molecule has 21 heteroatoms. The van der Waals surface area contributed by atoms with E-state index in [0.29, 0.717) is 72.3 Å². The molecule has 0 radical (unpaired) electrons. The number of benzene rings is 13. The molecule has 3 aliphatic carbocycles. The summed E-state index contributed by atoms with van der Waals surface area (Å²) in [4.78, 5) is 42.9. The van der Waals surface area contributed by atoms with Gasteiger partial charge in [-0.25, -0.2) is 15.0 Å². The van der Waals surface area contributed by atoms with Crippen molar-refractivity contribution in [3.8, 4) is 138 Å². The second-order valence-electron chi connectivity index (χ2n) is 35.8. The van der Waals surface area contributed by atoms with Gasteiger partial charge in [0, 0.05) is 53.1 Å². The van der Waals surface area contributed by atoms with Crippen LogP contribution in [-0.4, -0.2) is 114 Å². The quantitative estimate of drug-likeness (QED) is 0.0165. The first-order valence-corrected chi connectivity index (χ1v) is 48.1. The Morgan fingerprint density at radius 1 is 0.263 bits per heavy atom. The maximum atomic E-state index is 11.3. The van der Waals surface area contributed by atoms with E-state index in [-0.39, 0.29) is 105 Å². The van der Waals surface area contributed by atoms with Crippen molar-refractivity contribution in [2.75, 3.05) is 19.8 Å². The molecule has 3 saturated carbocycles. The summed E-state index contributed by atoms with van der Waals surface area (Å²) in [6.07, 6.45) is 25.4. The van der Waals surface area contributed by atoms with Gasteiger partial charge in [-0.3, -0.25) is 0 Å². The number of nitrogens with zero attached hydrogens (tertiary/aromatic N) is 9. The molecule has 0 amide bonds. The molecule has 0 spiro atoms. The SMILES string of the molecule is CCCCC(CC)COc1cc(O)c(-c2nc(OC3CCCC3)nc(-c3c4ccccc4cc4ccccc34)n2)c(O)c1.CCCCC(CC)COc1cc(O)c(-c2nc(OC3CCCC3)nc(-c3cc4c5ccccc5ccc4c4ccccc34)n2)c(O)c1.CCCCC(CC)COc1cc(O)c(-c2nc(OC3CCCC3)nc(-c3cc4ccccc4c4ccccc34)n2)c(O)c1. The molecule has 3 unspecified atom stereocenters. The number of hydrogen-bond donors (Lipinski definition) is 6. The van der Waals surface area contributed by atoms with Crippen LogP contribution in [0.25, 0.3) is 144 Å². The highest BCUT2D eigenvalue weighted by molar-refractivity contribution is 6.21. The molecule has 3 atom stereocenters. The Morgan fingerprint density at radius 3 is 0.902 bits per heavy atom. The Labute approximate surface area is 776 Å². The molecular formula is C112H119N9O12. The lowest BCUT2D eigenvalue weighted by Crippen LogP contribution is -2.14. The largest absolute Gasteiger partial charge is 0.507 e. The van der Waals surface area contributed by atoms with Crippen LogP contribution in [0.3, 0.4) is 0 Å². The summed E-state index contributed by atoms with van der Waals surface area (Å²) in [5.41, 5.74) is 2.85. The van der Waals surface area contributed by atoms with Gasteiger partial charge in [0.15, 0.2) is 34.9 Å². The van der Waals surface area contributed by atoms with Crippen LogP contribution in [-0.2, 0) is 0 Å². The van der Waals surface area contributed by atoms with Crippen molar-refractivity contribution in [1.29, 1.82) is 0 Å². The molecule has 6 N–H and O–H groups in total. The highest BCUT2D eigenvalue weighted by Crippen LogP contribution is 2.48. The molecule has 684 valence electrons. The van der Waals surface area contributed by atoms with Crippen LogP contribution in [0, 0.1) is 17.8 Å². The molecule has 3 fully saturated rings. The molecule has 3 aromatic heterocycles. The highest BCUT2D eigenvalue weighted by atomic mass is 16.5. The molecule has 16 aromatic rings. The van der Waals surface area contributed by atoms with Crippen LogP contribution in [0.2, 0.25) is 0 Å². The van der Waals surface area contributed by atoms with Crippen LogP contribution < -0.4 is 28.4 Å². The van der Waals surface area contributed by atoms with Crippen LogP contribution in [0.5, 0.6) is 69.8 Å². The van der Waals surface area contributed by atoms with Gasteiger partial charge in [-0.05, 0) is 208 Å². The summed E-state index contributed by atoms with van der Waals surface area (Å²) in [5, 5.41) is 82.3. The maximum Gasteiger partial charge on any atom is 0.320 e. The van der Waals surface area contributed by atoms with Gasteiger partial charge in [0.2, 0.25) is 0 Å². The third-order valence-electron chi connectivity index (χ3n) is 26.5. The molecule has 3 heterocycles. The zero-order valence-electron chi connectivity index (χ0n) is 76.9. The van der Waals surface area contributed by atoms with Crippen molar-refractivity contribution in [3.63, 3.8) is 0 Å². The Morgan fingerprint density at radius 2 is 0.541 bits per heavy atom. The van der Waals surface area contributed by atoms with Gasteiger partial charge in [0.05, 0.1) is 19.8 Å². The van der Waals surface area contributed by atoms with Crippen LogP contribution in [0.1, 0.15) is 196 Å². The van der Waals surface area contributed by atoms with Gasteiger partial charge in [-0.2, -0.15) is 29.9 Å². The lowest BCUT2D eigenvalue weighted by Gasteiger charge is -2.17. The van der Waals surface area contributed by atoms with Crippen LogP contribution >= 0.6 is 0 Å². The van der Waals surface area contributed by atoms with E-state index in [0.717, 1.165) is 246 Å². The predicted octanol–water partition coefficient (Wildman–Crippen LogP) is 27.7. The Hall–Kier alpha value is -13.7.